The number of aliphatic hydroxyl groups is 1. The van der Waals surface area contributed by atoms with E-state index in [1.807, 2.05) is 13.8 Å². The molecule has 0 aromatic carbocycles. The second kappa shape index (κ2) is 5.29. The highest BCUT2D eigenvalue weighted by atomic mass is 32.1. The number of hydrogen-bond donors (Lipinski definition) is 2. The maximum absolute atomic E-state index is 12.0. The highest BCUT2D eigenvalue weighted by Gasteiger charge is 2.33. The third-order valence-electron chi connectivity index (χ3n) is 2.93. The largest absolute Gasteiger partial charge is 0.386 e. The van der Waals surface area contributed by atoms with Crippen molar-refractivity contribution in [1.82, 2.24) is 14.9 Å². The van der Waals surface area contributed by atoms with Gasteiger partial charge in [0.15, 0.2) is 0 Å². The fraction of sp³-hybridized carbons (Fsp3) is 0.727. The summed E-state index contributed by atoms with van der Waals surface area (Å²) in [6, 6.07) is 0. The average molecular weight is 271 g/mol. The van der Waals surface area contributed by atoms with Gasteiger partial charge in [0.25, 0.3) is 5.91 Å². The van der Waals surface area contributed by atoms with Crippen LogP contribution in [0.4, 0.5) is 0 Å². The fourth-order valence-corrected chi connectivity index (χ4v) is 2.53. The standard InChI is InChI=1S/C11H17N3O3S/c1-7(2)8-9(18-14-13-8)10(15)12-5-11(16)3-4-17-6-11/h7,16H,3-6H2,1-2H3,(H,12,15). The molecule has 100 valence electrons. The minimum absolute atomic E-state index is 0.155. The molecule has 0 spiro atoms. The van der Waals surface area contributed by atoms with E-state index < -0.39 is 5.60 Å². The summed E-state index contributed by atoms with van der Waals surface area (Å²) < 4.78 is 8.93. The predicted octanol–water partition coefficient (Wildman–Crippen LogP) is 0.543. The van der Waals surface area contributed by atoms with Crippen LogP contribution < -0.4 is 5.32 Å². The number of hydrogen-bond acceptors (Lipinski definition) is 6. The van der Waals surface area contributed by atoms with Gasteiger partial charge in [-0.25, -0.2) is 0 Å². The maximum Gasteiger partial charge on any atom is 0.265 e. The minimum Gasteiger partial charge on any atom is -0.386 e. The van der Waals surface area contributed by atoms with Gasteiger partial charge in [0.2, 0.25) is 0 Å². The van der Waals surface area contributed by atoms with Gasteiger partial charge in [-0.05, 0) is 17.5 Å². The SMILES string of the molecule is CC(C)c1nnsc1C(=O)NCC1(O)CCOC1. The van der Waals surface area contributed by atoms with Crippen molar-refractivity contribution in [3.63, 3.8) is 0 Å². The Kier molecular flexibility index (Phi) is 3.94. The van der Waals surface area contributed by atoms with E-state index in [-0.39, 0.29) is 25.0 Å². The molecule has 2 heterocycles. The third kappa shape index (κ3) is 2.85. The van der Waals surface area contributed by atoms with Crippen molar-refractivity contribution < 1.29 is 14.6 Å². The molecule has 0 saturated carbocycles. The Morgan fingerprint density at radius 3 is 3.06 bits per heavy atom. The zero-order chi connectivity index (χ0) is 13.2. The normalized spacial score (nSPS) is 23.6. The molecule has 2 rings (SSSR count). The van der Waals surface area contributed by atoms with Gasteiger partial charge in [0.05, 0.1) is 12.3 Å². The molecule has 1 fully saturated rings. The van der Waals surface area contributed by atoms with Crippen LogP contribution in [0, 0.1) is 0 Å². The molecular weight excluding hydrogens is 254 g/mol. The van der Waals surface area contributed by atoms with Crippen molar-refractivity contribution in [2.75, 3.05) is 19.8 Å². The van der Waals surface area contributed by atoms with E-state index in [1.54, 1.807) is 0 Å². The maximum atomic E-state index is 12.0. The Balaban J connectivity index is 1.97. The molecule has 0 aliphatic carbocycles. The summed E-state index contributed by atoms with van der Waals surface area (Å²) in [6.07, 6.45) is 0.547. The zero-order valence-corrected chi connectivity index (χ0v) is 11.3. The van der Waals surface area contributed by atoms with Gasteiger partial charge >= 0.3 is 0 Å². The lowest BCUT2D eigenvalue weighted by atomic mass is 10.0. The van der Waals surface area contributed by atoms with E-state index >= 15 is 0 Å². The Morgan fingerprint density at radius 2 is 2.44 bits per heavy atom. The summed E-state index contributed by atoms with van der Waals surface area (Å²) in [5.74, 6) is -0.0728. The molecule has 1 aliphatic heterocycles. The first-order valence-corrected chi connectivity index (χ1v) is 6.70. The molecule has 0 radical (unpaired) electrons. The first-order valence-electron chi connectivity index (χ1n) is 5.92. The van der Waals surface area contributed by atoms with Crippen LogP contribution in [0.5, 0.6) is 0 Å². The van der Waals surface area contributed by atoms with Gasteiger partial charge in [-0.2, -0.15) is 0 Å². The molecule has 7 heteroatoms. The van der Waals surface area contributed by atoms with E-state index in [2.05, 4.69) is 14.9 Å². The van der Waals surface area contributed by atoms with Crippen molar-refractivity contribution in [3.05, 3.63) is 10.6 Å². The zero-order valence-electron chi connectivity index (χ0n) is 10.5. The van der Waals surface area contributed by atoms with Crippen molar-refractivity contribution in [2.45, 2.75) is 31.8 Å². The monoisotopic (exact) mass is 271 g/mol. The summed E-state index contributed by atoms with van der Waals surface area (Å²) in [6.45, 7) is 4.93. The van der Waals surface area contributed by atoms with Gasteiger partial charge in [0.1, 0.15) is 10.5 Å². The fourth-order valence-electron chi connectivity index (χ4n) is 1.79. The summed E-state index contributed by atoms with van der Waals surface area (Å²) in [5, 5.41) is 16.7. The summed E-state index contributed by atoms with van der Waals surface area (Å²) >= 11 is 1.08. The second-order valence-corrected chi connectivity index (χ2v) is 5.61. The van der Waals surface area contributed by atoms with Gasteiger partial charge in [-0.3, -0.25) is 4.79 Å². The minimum atomic E-state index is -0.939. The summed E-state index contributed by atoms with van der Waals surface area (Å²) in [7, 11) is 0. The highest BCUT2D eigenvalue weighted by Crippen LogP contribution is 2.21. The number of ether oxygens (including phenoxy) is 1. The lowest BCUT2D eigenvalue weighted by Gasteiger charge is -2.20. The van der Waals surface area contributed by atoms with Gasteiger partial charge < -0.3 is 15.2 Å². The summed E-state index contributed by atoms with van der Waals surface area (Å²) in [4.78, 5) is 12.5. The van der Waals surface area contributed by atoms with Crippen LogP contribution in [-0.2, 0) is 4.74 Å². The van der Waals surface area contributed by atoms with Crippen LogP contribution >= 0.6 is 11.5 Å². The predicted molar refractivity (Wildman–Crippen MR) is 66.7 cm³/mol. The average Bonchev–Trinajstić information content (AvgIpc) is 2.95. The van der Waals surface area contributed by atoms with Crippen LogP contribution in [0.15, 0.2) is 0 Å². The molecule has 1 amide bonds. The van der Waals surface area contributed by atoms with Crippen LogP contribution in [0.25, 0.3) is 0 Å². The highest BCUT2D eigenvalue weighted by molar-refractivity contribution is 7.08. The Morgan fingerprint density at radius 1 is 1.67 bits per heavy atom. The van der Waals surface area contributed by atoms with E-state index in [9.17, 15) is 9.90 Å². The van der Waals surface area contributed by atoms with E-state index in [1.165, 1.54) is 0 Å². The van der Waals surface area contributed by atoms with Gasteiger partial charge in [-0.15, -0.1) is 5.10 Å². The van der Waals surface area contributed by atoms with E-state index in [0.717, 1.165) is 11.5 Å². The molecule has 1 aliphatic rings. The lowest BCUT2D eigenvalue weighted by molar-refractivity contribution is 0.0265. The lowest BCUT2D eigenvalue weighted by Crippen LogP contribution is -2.43. The van der Waals surface area contributed by atoms with Crippen LogP contribution in [0.3, 0.4) is 0 Å². The number of nitrogens with one attached hydrogen (secondary N) is 1. The Hall–Kier alpha value is -1.05. The van der Waals surface area contributed by atoms with Crippen molar-refractivity contribution >= 4 is 17.4 Å². The molecule has 1 unspecified atom stereocenters. The molecule has 1 aromatic heterocycles. The molecule has 6 nitrogen and oxygen atoms in total. The number of carbonyl (C=O) groups is 1. The van der Waals surface area contributed by atoms with Crippen LogP contribution in [0.1, 0.15) is 41.6 Å². The topological polar surface area (TPSA) is 84.3 Å². The molecule has 18 heavy (non-hydrogen) atoms. The number of nitrogens with zero attached hydrogens (tertiary/aromatic N) is 2. The first-order chi connectivity index (χ1) is 8.52. The smallest absolute Gasteiger partial charge is 0.265 e. The van der Waals surface area contributed by atoms with Gasteiger partial charge in [0, 0.05) is 19.6 Å². The second-order valence-electron chi connectivity index (χ2n) is 4.85. The van der Waals surface area contributed by atoms with Gasteiger partial charge in [-0.1, -0.05) is 18.3 Å². The molecular formula is C11H17N3O3S. The Labute approximate surface area is 110 Å². The van der Waals surface area contributed by atoms with E-state index in [0.29, 0.717) is 23.6 Å². The molecule has 1 aromatic rings. The third-order valence-corrected chi connectivity index (χ3v) is 3.67. The quantitative estimate of drug-likeness (QED) is 0.835. The van der Waals surface area contributed by atoms with E-state index in [4.69, 9.17) is 4.74 Å². The van der Waals surface area contributed by atoms with Crippen molar-refractivity contribution in [3.8, 4) is 0 Å². The molecule has 1 saturated heterocycles. The molecule has 2 N–H and O–H groups in total. The molecule has 0 bridgehead atoms. The molecule has 1 atom stereocenters. The number of carbonyl (C=O) groups excluding carboxylic acids is 1. The number of aromatic nitrogens is 2. The van der Waals surface area contributed by atoms with Crippen molar-refractivity contribution in [2.24, 2.45) is 0 Å². The Bertz CT molecular complexity index is 427. The number of amides is 1. The van der Waals surface area contributed by atoms with Crippen LogP contribution in [0.2, 0.25) is 0 Å². The summed E-state index contributed by atoms with van der Waals surface area (Å²) in [5.41, 5.74) is -0.238. The first kappa shape index (κ1) is 13.4. The number of rotatable bonds is 4. The van der Waals surface area contributed by atoms with Crippen molar-refractivity contribution in [1.29, 1.82) is 0 Å². The van der Waals surface area contributed by atoms with Crippen LogP contribution in [-0.4, -0.2) is 46.0 Å².